The van der Waals surface area contributed by atoms with Crippen LogP contribution in [-0.2, 0) is 9.59 Å². The topological polar surface area (TPSA) is 63.4 Å². The van der Waals surface area contributed by atoms with E-state index >= 15 is 0 Å². The summed E-state index contributed by atoms with van der Waals surface area (Å²) < 4.78 is -0.574. The number of halogens is 1. The molecule has 0 spiro atoms. The molecular weight excluding hydrogens is 260 g/mol. The van der Waals surface area contributed by atoms with Gasteiger partial charge in [-0.15, -0.1) is 0 Å². The van der Waals surface area contributed by atoms with Gasteiger partial charge in [-0.3, -0.25) is 9.59 Å². The van der Waals surface area contributed by atoms with Crippen molar-refractivity contribution in [2.75, 3.05) is 13.1 Å². The van der Waals surface area contributed by atoms with Crippen molar-refractivity contribution in [3.8, 4) is 0 Å². The Balaban J connectivity index is 2.73. The van der Waals surface area contributed by atoms with Gasteiger partial charge in [0, 0.05) is 13.1 Å². The average Bonchev–Trinajstić information content (AvgIpc) is 2.46. The van der Waals surface area contributed by atoms with E-state index in [0.29, 0.717) is 19.5 Å². The third-order valence-corrected chi connectivity index (χ3v) is 3.20. The van der Waals surface area contributed by atoms with E-state index in [1.54, 1.807) is 18.7 Å². The van der Waals surface area contributed by atoms with Crippen LogP contribution in [0.2, 0.25) is 0 Å². The molecule has 1 rings (SSSR count). The molecule has 0 aromatic carbocycles. The SMILES string of the molecule is CC(C)(Br)C(=O)N1CCC(C)(C(N)=O)C1. The van der Waals surface area contributed by atoms with E-state index in [1.807, 2.05) is 6.92 Å². The molecule has 2 amide bonds. The Labute approximate surface area is 98.3 Å². The first-order valence-electron chi connectivity index (χ1n) is 4.95. The first-order chi connectivity index (χ1) is 6.67. The lowest BCUT2D eigenvalue weighted by Crippen LogP contribution is -2.43. The van der Waals surface area contributed by atoms with Crippen LogP contribution in [0, 0.1) is 5.41 Å². The number of rotatable bonds is 2. The quantitative estimate of drug-likeness (QED) is 0.762. The molecule has 1 aliphatic rings. The largest absolute Gasteiger partial charge is 0.369 e. The number of nitrogens with two attached hydrogens (primary N) is 1. The third kappa shape index (κ3) is 2.51. The highest BCUT2D eigenvalue weighted by atomic mass is 79.9. The number of carbonyl (C=O) groups excluding carboxylic acids is 2. The molecule has 1 saturated heterocycles. The van der Waals surface area contributed by atoms with Crippen LogP contribution < -0.4 is 5.73 Å². The summed E-state index contributed by atoms with van der Waals surface area (Å²) in [4.78, 5) is 24.8. The molecule has 0 aromatic heterocycles. The zero-order chi connectivity index (χ0) is 11.9. The van der Waals surface area contributed by atoms with Gasteiger partial charge in [0.1, 0.15) is 0 Å². The standard InChI is InChI=1S/C10H17BrN2O2/c1-9(2,11)8(15)13-5-4-10(3,6-13)7(12)14/h4-6H2,1-3H3,(H2,12,14). The number of carbonyl (C=O) groups is 2. The first kappa shape index (κ1) is 12.5. The van der Waals surface area contributed by atoms with Gasteiger partial charge in [0.2, 0.25) is 11.8 Å². The maximum Gasteiger partial charge on any atom is 0.238 e. The van der Waals surface area contributed by atoms with Gasteiger partial charge in [-0.2, -0.15) is 0 Å². The molecule has 5 heteroatoms. The monoisotopic (exact) mass is 276 g/mol. The molecule has 1 unspecified atom stereocenters. The highest BCUT2D eigenvalue weighted by Gasteiger charge is 2.43. The van der Waals surface area contributed by atoms with Crippen molar-refractivity contribution in [1.29, 1.82) is 0 Å². The smallest absolute Gasteiger partial charge is 0.238 e. The van der Waals surface area contributed by atoms with Crippen LogP contribution in [0.1, 0.15) is 27.2 Å². The second-order valence-electron chi connectivity index (χ2n) is 4.87. The molecule has 1 aliphatic heterocycles. The molecule has 1 heterocycles. The summed E-state index contributed by atoms with van der Waals surface area (Å²) in [7, 11) is 0. The Hall–Kier alpha value is -0.580. The summed E-state index contributed by atoms with van der Waals surface area (Å²) in [5.74, 6) is -0.322. The van der Waals surface area contributed by atoms with Gasteiger partial charge in [0.05, 0.1) is 9.74 Å². The van der Waals surface area contributed by atoms with Crippen molar-refractivity contribution in [3.05, 3.63) is 0 Å². The number of primary amides is 1. The van der Waals surface area contributed by atoms with Crippen LogP contribution in [0.15, 0.2) is 0 Å². The van der Waals surface area contributed by atoms with Crippen molar-refractivity contribution in [3.63, 3.8) is 0 Å². The molecular formula is C10H17BrN2O2. The fourth-order valence-corrected chi connectivity index (χ4v) is 1.96. The van der Waals surface area contributed by atoms with E-state index in [4.69, 9.17) is 5.73 Å². The van der Waals surface area contributed by atoms with E-state index in [0.717, 1.165) is 0 Å². The maximum atomic E-state index is 11.9. The molecule has 15 heavy (non-hydrogen) atoms. The Kier molecular flexibility index (Phi) is 3.14. The Bertz CT molecular complexity index is 298. The second-order valence-corrected chi connectivity index (χ2v) is 6.86. The van der Waals surface area contributed by atoms with Crippen LogP contribution >= 0.6 is 15.9 Å². The number of nitrogens with zero attached hydrogens (tertiary/aromatic N) is 1. The van der Waals surface area contributed by atoms with Gasteiger partial charge < -0.3 is 10.6 Å². The predicted octanol–water partition coefficient (Wildman–Crippen LogP) is 0.884. The molecule has 0 bridgehead atoms. The molecule has 0 aliphatic carbocycles. The molecule has 0 saturated carbocycles. The first-order valence-corrected chi connectivity index (χ1v) is 5.74. The van der Waals surface area contributed by atoms with Crippen molar-refractivity contribution in [2.45, 2.75) is 31.5 Å². The normalized spacial score (nSPS) is 26.8. The van der Waals surface area contributed by atoms with Crippen molar-refractivity contribution >= 4 is 27.7 Å². The van der Waals surface area contributed by atoms with Crippen LogP contribution in [0.25, 0.3) is 0 Å². The van der Waals surface area contributed by atoms with Gasteiger partial charge in [-0.05, 0) is 27.2 Å². The Morgan fingerprint density at radius 3 is 2.33 bits per heavy atom. The van der Waals surface area contributed by atoms with Crippen LogP contribution in [0.4, 0.5) is 0 Å². The molecule has 86 valence electrons. The number of alkyl halides is 1. The van der Waals surface area contributed by atoms with Gasteiger partial charge >= 0.3 is 0 Å². The Morgan fingerprint density at radius 1 is 1.47 bits per heavy atom. The van der Waals surface area contributed by atoms with E-state index in [2.05, 4.69) is 15.9 Å². The minimum atomic E-state index is -0.574. The summed E-state index contributed by atoms with van der Waals surface area (Å²) in [5.41, 5.74) is 4.75. The van der Waals surface area contributed by atoms with Crippen molar-refractivity contribution in [1.82, 2.24) is 4.90 Å². The number of hydrogen-bond donors (Lipinski definition) is 1. The number of hydrogen-bond acceptors (Lipinski definition) is 2. The Morgan fingerprint density at radius 2 is 2.00 bits per heavy atom. The summed E-state index contributed by atoms with van der Waals surface area (Å²) >= 11 is 3.32. The van der Waals surface area contributed by atoms with Crippen LogP contribution in [0.5, 0.6) is 0 Å². The molecule has 2 N–H and O–H groups in total. The number of likely N-dealkylation sites (tertiary alicyclic amines) is 1. The number of amides is 2. The highest BCUT2D eigenvalue weighted by molar-refractivity contribution is 9.10. The van der Waals surface area contributed by atoms with Crippen molar-refractivity contribution < 1.29 is 9.59 Å². The summed E-state index contributed by atoms with van der Waals surface area (Å²) in [6, 6.07) is 0. The summed E-state index contributed by atoms with van der Waals surface area (Å²) in [5, 5.41) is 0. The molecule has 0 radical (unpaired) electrons. The van der Waals surface area contributed by atoms with E-state index in [-0.39, 0.29) is 11.8 Å². The summed E-state index contributed by atoms with van der Waals surface area (Å²) in [6.07, 6.45) is 0.650. The fraction of sp³-hybridized carbons (Fsp3) is 0.800. The fourth-order valence-electron chi connectivity index (χ4n) is 1.71. The molecule has 1 atom stereocenters. The molecule has 1 fully saturated rings. The van der Waals surface area contributed by atoms with E-state index in [1.165, 1.54) is 0 Å². The van der Waals surface area contributed by atoms with Gasteiger partial charge in [-0.1, -0.05) is 15.9 Å². The van der Waals surface area contributed by atoms with Crippen molar-refractivity contribution in [2.24, 2.45) is 11.1 Å². The highest BCUT2D eigenvalue weighted by Crippen LogP contribution is 2.32. The zero-order valence-electron chi connectivity index (χ0n) is 9.34. The van der Waals surface area contributed by atoms with Crippen LogP contribution in [0.3, 0.4) is 0 Å². The van der Waals surface area contributed by atoms with Gasteiger partial charge in [0.25, 0.3) is 0 Å². The summed E-state index contributed by atoms with van der Waals surface area (Å²) in [6.45, 7) is 6.44. The lowest BCUT2D eigenvalue weighted by molar-refractivity contribution is -0.133. The minimum Gasteiger partial charge on any atom is -0.369 e. The van der Waals surface area contributed by atoms with E-state index < -0.39 is 9.74 Å². The second kappa shape index (κ2) is 3.77. The van der Waals surface area contributed by atoms with E-state index in [9.17, 15) is 9.59 Å². The lowest BCUT2D eigenvalue weighted by Gasteiger charge is -2.26. The lowest BCUT2D eigenvalue weighted by atomic mass is 9.89. The molecule has 4 nitrogen and oxygen atoms in total. The van der Waals surface area contributed by atoms with Gasteiger partial charge in [0.15, 0.2) is 0 Å². The molecule has 0 aromatic rings. The third-order valence-electron chi connectivity index (χ3n) is 2.86. The van der Waals surface area contributed by atoms with Gasteiger partial charge in [-0.25, -0.2) is 0 Å². The maximum absolute atomic E-state index is 11.9. The van der Waals surface area contributed by atoms with Crippen LogP contribution in [-0.4, -0.2) is 34.1 Å². The zero-order valence-corrected chi connectivity index (χ0v) is 10.9. The predicted molar refractivity (Wildman–Crippen MR) is 61.5 cm³/mol. The average molecular weight is 277 g/mol. The minimum absolute atomic E-state index is 0.00692.